The van der Waals surface area contributed by atoms with Gasteiger partial charge < -0.3 is 4.98 Å². The summed E-state index contributed by atoms with van der Waals surface area (Å²) in [6.07, 6.45) is 1.74. The molecule has 2 heterocycles. The van der Waals surface area contributed by atoms with Gasteiger partial charge in [-0.1, -0.05) is 18.3 Å². The topological polar surface area (TPSA) is 41.6 Å². The molecule has 0 unspecified atom stereocenters. The summed E-state index contributed by atoms with van der Waals surface area (Å²) in [6.45, 7) is 3.91. The Labute approximate surface area is 93.2 Å². The summed E-state index contributed by atoms with van der Waals surface area (Å²) in [7, 11) is 0. The van der Waals surface area contributed by atoms with Crippen molar-refractivity contribution in [1.29, 1.82) is 0 Å². The van der Waals surface area contributed by atoms with E-state index in [9.17, 15) is 0 Å². The highest BCUT2D eigenvalue weighted by Crippen LogP contribution is 2.15. The minimum atomic E-state index is 0.636. The van der Waals surface area contributed by atoms with Gasteiger partial charge in [-0.05, 0) is 26.0 Å². The lowest BCUT2D eigenvalue weighted by Gasteiger charge is -2.04. The first-order chi connectivity index (χ1) is 7.18. The quantitative estimate of drug-likeness (QED) is 0.747. The predicted molar refractivity (Wildman–Crippen MR) is 62.1 cm³/mol. The second kappa shape index (κ2) is 3.90. The SMILES string of the molecule is Cc1nc(-c2ccccn2)c(=S)[nH]c1C. The van der Waals surface area contributed by atoms with Gasteiger partial charge in [0.05, 0.1) is 11.4 Å². The van der Waals surface area contributed by atoms with E-state index in [1.54, 1.807) is 6.20 Å². The third kappa shape index (κ3) is 1.94. The zero-order valence-electron chi connectivity index (χ0n) is 8.61. The molecule has 0 amide bonds. The fourth-order valence-corrected chi connectivity index (χ4v) is 1.60. The molecule has 0 spiro atoms. The molecule has 3 nitrogen and oxygen atoms in total. The van der Waals surface area contributed by atoms with Crippen LogP contribution in [0.3, 0.4) is 0 Å². The first kappa shape index (κ1) is 9.98. The maximum absolute atomic E-state index is 5.22. The number of nitrogens with zero attached hydrogens (tertiary/aromatic N) is 2. The van der Waals surface area contributed by atoms with E-state index in [1.165, 1.54) is 0 Å². The van der Waals surface area contributed by atoms with E-state index in [-0.39, 0.29) is 0 Å². The largest absolute Gasteiger partial charge is 0.347 e. The maximum Gasteiger partial charge on any atom is 0.131 e. The van der Waals surface area contributed by atoms with Crippen LogP contribution < -0.4 is 0 Å². The normalized spacial score (nSPS) is 10.3. The van der Waals surface area contributed by atoms with E-state index in [4.69, 9.17) is 12.2 Å². The van der Waals surface area contributed by atoms with Gasteiger partial charge in [-0.25, -0.2) is 4.98 Å². The predicted octanol–water partition coefficient (Wildman–Crippen LogP) is 2.82. The van der Waals surface area contributed by atoms with Gasteiger partial charge in [-0.2, -0.15) is 0 Å². The second-order valence-electron chi connectivity index (χ2n) is 3.34. The third-order valence-corrected chi connectivity index (χ3v) is 2.54. The Bertz CT molecular complexity index is 531. The van der Waals surface area contributed by atoms with Gasteiger partial charge in [0.2, 0.25) is 0 Å². The Morgan fingerprint density at radius 3 is 2.73 bits per heavy atom. The van der Waals surface area contributed by atoms with Crippen molar-refractivity contribution in [2.24, 2.45) is 0 Å². The standard InChI is InChI=1S/C11H11N3S/c1-7-8(2)14-11(15)10(13-7)9-5-3-4-6-12-9/h3-6H,1-2H3,(H,14,15). The van der Waals surface area contributed by atoms with Crippen LogP contribution in [-0.2, 0) is 0 Å². The fourth-order valence-electron chi connectivity index (χ4n) is 1.30. The molecule has 0 saturated carbocycles. The number of rotatable bonds is 1. The molecule has 76 valence electrons. The number of hydrogen-bond acceptors (Lipinski definition) is 3. The first-order valence-corrected chi connectivity index (χ1v) is 5.08. The molecule has 0 aromatic carbocycles. The summed E-state index contributed by atoms with van der Waals surface area (Å²) in [5, 5.41) is 0. The van der Waals surface area contributed by atoms with Gasteiger partial charge in [0.25, 0.3) is 0 Å². The van der Waals surface area contributed by atoms with Crippen molar-refractivity contribution >= 4 is 12.2 Å². The molecular weight excluding hydrogens is 206 g/mol. The highest BCUT2D eigenvalue weighted by molar-refractivity contribution is 7.71. The van der Waals surface area contributed by atoms with Crippen molar-refractivity contribution in [1.82, 2.24) is 15.0 Å². The van der Waals surface area contributed by atoms with E-state index in [0.29, 0.717) is 4.64 Å². The number of hydrogen-bond donors (Lipinski definition) is 1. The van der Waals surface area contributed by atoms with Crippen LogP contribution in [0, 0.1) is 18.5 Å². The van der Waals surface area contributed by atoms with E-state index in [1.807, 2.05) is 32.0 Å². The highest BCUT2D eigenvalue weighted by Gasteiger charge is 2.05. The first-order valence-electron chi connectivity index (χ1n) is 4.67. The zero-order chi connectivity index (χ0) is 10.8. The molecule has 1 N–H and O–H groups in total. The lowest BCUT2D eigenvalue weighted by Crippen LogP contribution is -1.97. The van der Waals surface area contributed by atoms with Crippen LogP contribution in [0.5, 0.6) is 0 Å². The lowest BCUT2D eigenvalue weighted by atomic mass is 10.2. The number of aryl methyl sites for hydroxylation is 2. The van der Waals surface area contributed by atoms with Crippen molar-refractivity contribution in [3.63, 3.8) is 0 Å². The van der Waals surface area contributed by atoms with Crippen LogP contribution >= 0.6 is 12.2 Å². The van der Waals surface area contributed by atoms with E-state index < -0.39 is 0 Å². The molecule has 0 fully saturated rings. The summed E-state index contributed by atoms with van der Waals surface area (Å²) in [5.41, 5.74) is 3.50. The van der Waals surface area contributed by atoms with Crippen molar-refractivity contribution in [3.8, 4) is 11.4 Å². The number of H-pyrrole nitrogens is 1. The van der Waals surface area contributed by atoms with Gasteiger partial charge in [0.15, 0.2) is 0 Å². The van der Waals surface area contributed by atoms with Crippen LogP contribution in [0.2, 0.25) is 0 Å². The van der Waals surface area contributed by atoms with Crippen LogP contribution in [0.25, 0.3) is 11.4 Å². The molecule has 0 aliphatic rings. The Morgan fingerprint density at radius 2 is 2.07 bits per heavy atom. The monoisotopic (exact) mass is 217 g/mol. The molecule has 0 aliphatic heterocycles. The zero-order valence-corrected chi connectivity index (χ0v) is 9.43. The summed E-state index contributed by atoms with van der Waals surface area (Å²) >= 11 is 5.22. The third-order valence-electron chi connectivity index (χ3n) is 2.25. The Kier molecular flexibility index (Phi) is 2.60. The molecule has 15 heavy (non-hydrogen) atoms. The minimum Gasteiger partial charge on any atom is -0.347 e. The average Bonchev–Trinajstić information content (AvgIpc) is 2.25. The van der Waals surface area contributed by atoms with E-state index in [2.05, 4.69) is 15.0 Å². The van der Waals surface area contributed by atoms with Gasteiger partial charge in [-0.15, -0.1) is 0 Å². The second-order valence-corrected chi connectivity index (χ2v) is 3.75. The summed E-state index contributed by atoms with van der Waals surface area (Å²) in [6, 6.07) is 5.70. The van der Waals surface area contributed by atoms with Crippen LogP contribution in [-0.4, -0.2) is 15.0 Å². The molecule has 4 heteroatoms. The Balaban J connectivity index is 2.65. The van der Waals surface area contributed by atoms with Crippen molar-refractivity contribution in [3.05, 3.63) is 40.4 Å². The van der Waals surface area contributed by atoms with Crippen LogP contribution in [0.1, 0.15) is 11.4 Å². The summed E-state index contributed by atoms with van der Waals surface area (Å²) in [5.74, 6) is 0. The lowest BCUT2D eigenvalue weighted by molar-refractivity contribution is 1.03. The average molecular weight is 217 g/mol. The number of nitrogens with one attached hydrogen (secondary N) is 1. The van der Waals surface area contributed by atoms with Crippen molar-refractivity contribution in [2.75, 3.05) is 0 Å². The molecule has 2 aromatic rings. The van der Waals surface area contributed by atoms with Crippen LogP contribution in [0.15, 0.2) is 24.4 Å². The Morgan fingerprint density at radius 1 is 1.27 bits per heavy atom. The Hall–Kier alpha value is -1.55. The summed E-state index contributed by atoms with van der Waals surface area (Å²) in [4.78, 5) is 11.8. The van der Waals surface area contributed by atoms with Gasteiger partial charge in [0, 0.05) is 11.9 Å². The number of aromatic amines is 1. The molecule has 0 bridgehead atoms. The van der Waals surface area contributed by atoms with E-state index >= 15 is 0 Å². The maximum atomic E-state index is 5.22. The minimum absolute atomic E-state index is 0.636. The highest BCUT2D eigenvalue weighted by atomic mass is 32.1. The summed E-state index contributed by atoms with van der Waals surface area (Å²) < 4.78 is 0.636. The number of aromatic nitrogens is 3. The molecule has 2 rings (SSSR count). The molecule has 0 atom stereocenters. The van der Waals surface area contributed by atoms with Crippen molar-refractivity contribution in [2.45, 2.75) is 13.8 Å². The molecule has 0 saturated heterocycles. The molecular formula is C11H11N3S. The molecule has 0 aliphatic carbocycles. The molecule has 2 aromatic heterocycles. The fraction of sp³-hybridized carbons (Fsp3) is 0.182. The van der Waals surface area contributed by atoms with Gasteiger partial charge in [0.1, 0.15) is 10.3 Å². The number of pyridine rings is 1. The van der Waals surface area contributed by atoms with Crippen LogP contribution in [0.4, 0.5) is 0 Å². The smallest absolute Gasteiger partial charge is 0.131 e. The van der Waals surface area contributed by atoms with Gasteiger partial charge in [-0.3, -0.25) is 4.98 Å². The van der Waals surface area contributed by atoms with Crippen molar-refractivity contribution < 1.29 is 0 Å². The molecule has 0 radical (unpaired) electrons. The van der Waals surface area contributed by atoms with Gasteiger partial charge >= 0.3 is 0 Å². The van der Waals surface area contributed by atoms with E-state index in [0.717, 1.165) is 22.8 Å².